The van der Waals surface area contributed by atoms with E-state index in [-0.39, 0.29) is 17.6 Å². The molecule has 2 aromatic rings. The molecule has 1 atom stereocenters. The number of carbonyl (C=O) groups excluding carboxylic acids is 1. The number of nitrogen functional groups attached to an aromatic ring is 1. The van der Waals surface area contributed by atoms with Crippen molar-refractivity contribution in [1.82, 2.24) is 15.0 Å². The molecular weight excluding hydrogens is 351 g/mol. The third-order valence-electron chi connectivity index (χ3n) is 3.87. The number of anilines is 3. The van der Waals surface area contributed by atoms with Gasteiger partial charge in [-0.3, -0.25) is 4.79 Å². The molecule has 0 saturated carbocycles. The molecule has 1 aliphatic rings. The van der Waals surface area contributed by atoms with E-state index in [0.717, 1.165) is 19.4 Å². The number of aromatic nitrogens is 3. The fourth-order valence-corrected chi connectivity index (χ4v) is 2.98. The van der Waals surface area contributed by atoms with E-state index in [1.807, 2.05) is 4.90 Å². The van der Waals surface area contributed by atoms with Gasteiger partial charge in [-0.1, -0.05) is 23.2 Å². The van der Waals surface area contributed by atoms with E-state index < -0.39 is 0 Å². The number of nitrogens with two attached hydrogens (primary N) is 1. The van der Waals surface area contributed by atoms with Crippen LogP contribution in [0.1, 0.15) is 12.8 Å². The van der Waals surface area contributed by atoms with Crippen LogP contribution in [0.15, 0.2) is 24.7 Å². The molecule has 3 heterocycles. The average molecular weight is 367 g/mol. The highest BCUT2D eigenvalue weighted by atomic mass is 35.5. The van der Waals surface area contributed by atoms with Crippen LogP contribution >= 0.6 is 23.2 Å². The minimum atomic E-state index is -0.191. The van der Waals surface area contributed by atoms with E-state index in [2.05, 4.69) is 20.3 Å². The molecule has 3 N–H and O–H groups in total. The summed E-state index contributed by atoms with van der Waals surface area (Å²) in [6, 6.07) is 3.35. The normalized spacial score (nSPS) is 17.6. The molecule has 0 aromatic carbocycles. The molecule has 1 unspecified atom stereocenters. The topological polar surface area (TPSA) is 97.0 Å². The lowest BCUT2D eigenvalue weighted by molar-refractivity contribution is -0.120. The Hall–Kier alpha value is -2.12. The van der Waals surface area contributed by atoms with Gasteiger partial charge in [0.05, 0.1) is 10.9 Å². The summed E-state index contributed by atoms with van der Waals surface area (Å²) in [6.07, 6.45) is 4.51. The van der Waals surface area contributed by atoms with Crippen molar-refractivity contribution in [1.29, 1.82) is 0 Å². The van der Waals surface area contributed by atoms with Crippen molar-refractivity contribution in [3.63, 3.8) is 0 Å². The number of halogens is 2. The molecule has 0 radical (unpaired) electrons. The fraction of sp³-hybridized carbons (Fsp3) is 0.333. The lowest BCUT2D eigenvalue weighted by Crippen LogP contribution is -2.41. The van der Waals surface area contributed by atoms with Crippen molar-refractivity contribution in [3.8, 4) is 0 Å². The lowest BCUT2D eigenvalue weighted by Gasteiger charge is -2.33. The Balaban J connectivity index is 1.69. The summed E-state index contributed by atoms with van der Waals surface area (Å²) in [5.74, 6) is 0.992. The summed E-state index contributed by atoms with van der Waals surface area (Å²) in [7, 11) is 0. The summed E-state index contributed by atoms with van der Waals surface area (Å²) in [6.45, 7) is 1.27. The maximum Gasteiger partial charge on any atom is 0.230 e. The van der Waals surface area contributed by atoms with Crippen LogP contribution in [0.3, 0.4) is 0 Å². The Kier molecular flexibility index (Phi) is 5.01. The first-order valence-electron chi connectivity index (χ1n) is 7.48. The van der Waals surface area contributed by atoms with E-state index in [0.29, 0.717) is 28.2 Å². The molecular formula is C15H16Cl2N6O. The second-order valence-corrected chi connectivity index (χ2v) is 6.35. The number of carbonyl (C=O) groups is 1. The number of nitrogens with zero attached hydrogens (tertiary/aromatic N) is 4. The van der Waals surface area contributed by atoms with Crippen molar-refractivity contribution >= 4 is 46.6 Å². The number of hydrogen-bond donors (Lipinski definition) is 2. The molecule has 1 aliphatic heterocycles. The number of piperidine rings is 1. The van der Waals surface area contributed by atoms with Crippen LogP contribution in [-0.2, 0) is 4.79 Å². The zero-order chi connectivity index (χ0) is 17.1. The third kappa shape index (κ3) is 3.68. The van der Waals surface area contributed by atoms with Gasteiger partial charge in [0.25, 0.3) is 0 Å². The Morgan fingerprint density at radius 1 is 1.29 bits per heavy atom. The Morgan fingerprint density at radius 2 is 2.12 bits per heavy atom. The molecule has 3 rings (SSSR count). The van der Waals surface area contributed by atoms with E-state index in [4.69, 9.17) is 28.9 Å². The highest BCUT2D eigenvalue weighted by Gasteiger charge is 2.28. The van der Waals surface area contributed by atoms with Crippen molar-refractivity contribution in [2.24, 2.45) is 5.92 Å². The molecule has 1 fully saturated rings. The standard InChI is InChI=1S/C15H16Cl2N6O/c16-10-3-4-11(19-6-10)22-15(24)9-2-1-5-23(7-9)14-12(17)13(18)20-8-21-14/h3-4,6,8-9H,1-2,5,7H2,(H2,18,20,21)(H,19,22,24). The average Bonchev–Trinajstić information content (AvgIpc) is 2.59. The zero-order valence-corrected chi connectivity index (χ0v) is 14.3. The minimum Gasteiger partial charge on any atom is -0.382 e. The monoisotopic (exact) mass is 366 g/mol. The minimum absolute atomic E-state index is 0.0901. The zero-order valence-electron chi connectivity index (χ0n) is 12.7. The van der Waals surface area contributed by atoms with E-state index in [1.165, 1.54) is 12.5 Å². The Bertz CT molecular complexity index is 739. The highest BCUT2D eigenvalue weighted by Crippen LogP contribution is 2.30. The largest absolute Gasteiger partial charge is 0.382 e. The van der Waals surface area contributed by atoms with Crippen LogP contribution in [-0.4, -0.2) is 33.9 Å². The van der Waals surface area contributed by atoms with Crippen LogP contribution in [0.5, 0.6) is 0 Å². The van der Waals surface area contributed by atoms with Crippen LogP contribution in [0.4, 0.5) is 17.5 Å². The molecule has 126 valence electrons. The number of pyridine rings is 1. The van der Waals surface area contributed by atoms with Crippen LogP contribution in [0.25, 0.3) is 0 Å². The van der Waals surface area contributed by atoms with Crippen molar-refractivity contribution < 1.29 is 4.79 Å². The molecule has 1 saturated heterocycles. The lowest BCUT2D eigenvalue weighted by atomic mass is 9.97. The third-order valence-corrected chi connectivity index (χ3v) is 4.45. The van der Waals surface area contributed by atoms with E-state index in [1.54, 1.807) is 12.1 Å². The second-order valence-electron chi connectivity index (χ2n) is 5.53. The number of nitrogens with one attached hydrogen (secondary N) is 1. The van der Waals surface area contributed by atoms with Gasteiger partial charge in [-0.25, -0.2) is 15.0 Å². The molecule has 1 amide bonds. The van der Waals surface area contributed by atoms with Crippen LogP contribution in [0.2, 0.25) is 10.0 Å². The summed E-state index contributed by atoms with van der Waals surface area (Å²) in [5, 5.41) is 3.65. The molecule has 24 heavy (non-hydrogen) atoms. The van der Waals surface area contributed by atoms with Crippen molar-refractivity contribution in [2.45, 2.75) is 12.8 Å². The van der Waals surface area contributed by atoms with Crippen molar-refractivity contribution in [2.75, 3.05) is 29.0 Å². The molecule has 0 spiro atoms. The highest BCUT2D eigenvalue weighted by molar-refractivity contribution is 6.35. The SMILES string of the molecule is Nc1ncnc(N2CCCC(C(=O)Nc3ccc(Cl)cn3)C2)c1Cl. The first-order chi connectivity index (χ1) is 11.5. The molecule has 0 bridgehead atoms. The summed E-state index contributed by atoms with van der Waals surface area (Å²) < 4.78 is 0. The first-order valence-corrected chi connectivity index (χ1v) is 8.23. The van der Waals surface area contributed by atoms with Gasteiger partial charge >= 0.3 is 0 Å². The maximum atomic E-state index is 12.5. The fourth-order valence-electron chi connectivity index (χ4n) is 2.66. The predicted octanol–water partition coefficient (Wildman–Crippen LogP) is 2.62. The van der Waals surface area contributed by atoms with Gasteiger partial charge in [0, 0.05) is 19.3 Å². The Labute approximate surface area is 149 Å². The second kappa shape index (κ2) is 7.19. The van der Waals surface area contributed by atoms with Gasteiger partial charge < -0.3 is 16.0 Å². The number of amides is 1. The smallest absolute Gasteiger partial charge is 0.230 e. The van der Waals surface area contributed by atoms with Gasteiger partial charge in [0.1, 0.15) is 23.0 Å². The first kappa shape index (κ1) is 16.7. The maximum absolute atomic E-state index is 12.5. The van der Waals surface area contributed by atoms with Gasteiger partial charge in [-0.05, 0) is 25.0 Å². The summed E-state index contributed by atoms with van der Waals surface area (Å²) in [4.78, 5) is 26.6. The quantitative estimate of drug-likeness (QED) is 0.866. The number of hydrogen-bond acceptors (Lipinski definition) is 6. The summed E-state index contributed by atoms with van der Waals surface area (Å²) >= 11 is 12.0. The van der Waals surface area contributed by atoms with Crippen LogP contribution < -0.4 is 16.0 Å². The molecule has 0 aliphatic carbocycles. The molecule has 2 aromatic heterocycles. The van der Waals surface area contributed by atoms with Gasteiger partial charge in [0.15, 0.2) is 5.82 Å². The number of rotatable bonds is 3. The molecule has 7 nitrogen and oxygen atoms in total. The van der Waals surface area contributed by atoms with Gasteiger partial charge in [-0.2, -0.15) is 0 Å². The molecule has 9 heteroatoms. The van der Waals surface area contributed by atoms with E-state index in [9.17, 15) is 4.79 Å². The van der Waals surface area contributed by atoms with Gasteiger partial charge in [-0.15, -0.1) is 0 Å². The van der Waals surface area contributed by atoms with E-state index >= 15 is 0 Å². The predicted molar refractivity (Wildman–Crippen MR) is 94.3 cm³/mol. The Morgan fingerprint density at radius 3 is 2.88 bits per heavy atom. The van der Waals surface area contributed by atoms with Gasteiger partial charge in [0.2, 0.25) is 5.91 Å². The summed E-state index contributed by atoms with van der Waals surface area (Å²) in [5.41, 5.74) is 5.73. The van der Waals surface area contributed by atoms with Crippen LogP contribution in [0, 0.1) is 5.92 Å². The van der Waals surface area contributed by atoms with Crippen molar-refractivity contribution in [3.05, 3.63) is 34.7 Å².